The van der Waals surface area contributed by atoms with E-state index in [9.17, 15) is 9.59 Å². The number of carbonyl (C=O) groups is 2. The van der Waals surface area contributed by atoms with E-state index < -0.39 is 6.09 Å². The van der Waals surface area contributed by atoms with Crippen molar-refractivity contribution in [1.82, 2.24) is 10.2 Å². The molecule has 1 aromatic rings. The van der Waals surface area contributed by atoms with Gasteiger partial charge in [-0.25, -0.2) is 4.79 Å². The third-order valence-electron chi connectivity index (χ3n) is 4.45. The molecular weight excluding hydrogens is 352 g/mol. The molecule has 27 heavy (non-hydrogen) atoms. The number of amides is 2. The average molecular weight is 380 g/mol. The summed E-state index contributed by atoms with van der Waals surface area (Å²) in [6, 6.07) is 3.46. The van der Waals surface area contributed by atoms with E-state index in [0.29, 0.717) is 36.9 Å². The molecule has 0 aliphatic carbocycles. The van der Waals surface area contributed by atoms with Crippen molar-refractivity contribution in [3.8, 4) is 17.2 Å². The summed E-state index contributed by atoms with van der Waals surface area (Å²) in [5, 5.41) is 2.81. The van der Waals surface area contributed by atoms with Crippen LogP contribution in [0, 0.1) is 0 Å². The van der Waals surface area contributed by atoms with E-state index in [1.165, 1.54) is 7.11 Å². The third-order valence-corrected chi connectivity index (χ3v) is 4.45. The number of likely N-dealkylation sites (tertiary alicyclic amines) is 1. The normalized spacial score (nSPS) is 16.4. The van der Waals surface area contributed by atoms with Crippen LogP contribution in [0.1, 0.15) is 25.3 Å². The molecular formula is C19H28N2O6. The lowest BCUT2D eigenvalue weighted by atomic mass is 10.0. The number of nitrogens with zero attached hydrogens (tertiary/aromatic N) is 1. The van der Waals surface area contributed by atoms with Crippen LogP contribution in [-0.4, -0.2) is 64.0 Å². The highest BCUT2D eigenvalue weighted by atomic mass is 16.5. The van der Waals surface area contributed by atoms with Crippen molar-refractivity contribution in [2.45, 2.75) is 32.2 Å². The van der Waals surface area contributed by atoms with E-state index in [1.54, 1.807) is 38.2 Å². The van der Waals surface area contributed by atoms with Gasteiger partial charge in [-0.15, -0.1) is 0 Å². The van der Waals surface area contributed by atoms with Gasteiger partial charge in [0, 0.05) is 19.1 Å². The summed E-state index contributed by atoms with van der Waals surface area (Å²) in [4.78, 5) is 26.1. The van der Waals surface area contributed by atoms with Crippen molar-refractivity contribution < 1.29 is 28.5 Å². The molecule has 1 saturated heterocycles. The van der Waals surface area contributed by atoms with E-state index in [1.807, 2.05) is 0 Å². The van der Waals surface area contributed by atoms with Gasteiger partial charge in [0.25, 0.3) is 0 Å². The van der Waals surface area contributed by atoms with Crippen LogP contribution in [0.3, 0.4) is 0 Å². The molecule has 8 nitrogen and oxygen atoms in total. The van der Waals surface area contributed by atoms with E-state index in [2.05, 4.69) is 5.32 Å². The molecule has 1 aromatic carbocycles. The molecule has 0 bridgehead atoms. The second-order valence-electron chi connectivity index (χ2n) is 6.25. The minimum Gasteiger partial charge on any atom is -0.493 e. The fourth-order valence-corrected chi connectivity index (χ4v) is 3.18. The number of ether oxygens (including phenoxy) is 4. The highest BCUT2D eigenvalue weighted by Gasteiger charge is 2.25. The highest BCUT2D eigenvalue weighted by Crippen LogP contribution is 2.38. The maximum absolute atomic E-state index is 12.7. The topological polar surface area (TPSA) is 86.3 Å². The maximum Gasteiger partial charge on any atom is 0.407 e. The molecule has 2 amide bonds. The molecule has 2 rings (SSSR count). The Labute approximate surface area is 159 Å². The lowest BCUT2D eigenvalue weighted by Gasteiger charge is -2.33. The first-order chi connectivity index (χ1) is 13.0. The Morgan fingerprint density at radius 2 is 1.81 bits per heavy atom. The fourth-order valence-electron chi connectivity index (χ4n) is 3.18. The van der Waals surface area contributed by atoms with Gasteiger partial charge in [0.05, 0.1) is 34.4 Å². The van der Waals surface area contributed by atoms with Crippen LogP contribution >= 0.6 is 0 Å². The van der Waals surface area contributed by atoms with Crippen LogP contribution < -0.4 is 19.5 Å². The van der Waals surface area contributed by atoms with E-state index in [4.69, 9.17) is 18.9 Å². The van der Waals surface area contributed by atoms with Gasteiger partial charge < -0.3 is 29.2 Å². The van der Waals surface area contributed by atoms with Gasteiger partial charge in [0.2, 0.25) is 11.7 Å². The predicted octanol–water partition coefficient (Wildman–Crippen LogP) is 1.99. The lowest BCUT2D eigenvalue weighted by molar-refractivity contribution is -0.131. The first kappa shape index (κ1) is 20.7. The number of methoxy groups -OCH3 is 3. The average Bonchev–Trinajstić information content (AvgIpc) is 2.67. The Kier molecular flexibility index (Phi) is 7.57. The Morgan fingerprint density at radius 3 is 2.37 bits per heavy atom. The summed E-state index contributed by atoms with van der Waals surface area (Å²) in [7, 11) is 4.62. The quantitative estimate of drug-likeness (QED) is 0.779. The Hall–Kier alpha value is -2.64. The zero-order valence-electron chi connectivity index (χ0n) is 16.4. The monoisotopic (exact) mass is 380 g/mol. The van der Waals surface area contributed by atoms with Crippen LogP contribution in [0.4, 0.5) is 4.79 Å². The first-order valence-electron chi connectivity index (χ1n) is 9.02. The van der Waals surface area contributed by atoms with Crippen LogP contribution in [0.5, 0.6) is 17.2 Å². The smallest absolute Gasteiger partial charge is 0.407 e. The van der Waals surface area contributed by atoms with E-state index >= 15 is 0 Å². The summed E-state index contributed by atoms with van der Waals surface area (Å²) in [6.07, 6.45) is 1.43. The fraction of sp³-hybridized carbons (Fsp3) is 0.579. The third kappa shape index (κ3) is 5.42. The largest absolute Gasteiger partial charge is 0.493 e. The summed E-state index contributed by atoms with van der Waals surface area (Å²) in [5.74, 6) is 1.51. The number of hydrogen-bond donors (Lipinski definition) is 1. The second-order valence-corrected chi connectivity index (χ2v) is 6.25. The van der Waals surface area contributed by atoms with Gasteiger partial charge in [-0.05, 0) is 37.5 Å². The SMILES string of the molecule is CCOC(=O)NC1CCCN(C(=O)Cc2cc(OC)c(OC)c(OC)c2)C1. The number of rotatable bonds is 7. The molecule has 0 radical (unpaired) electrons. The van der Waals surface area contributed by atoms with Crippen molar-refractivity contribution in [2.24, 2.45) is 0 Å². The molecule has 0 spiro atoms. The molecule has 1 heterocycles. The molecule has 0 aromatic heterocycles. The molecule has 1 unspecified atom stereocenters. The molecule has 0 saturated carbocycles. The number of nitrogens with one attached hydrogen (secondary N) is 1. The zero-order chi connectivity index (χ0) is 19.8. The van der Waals surface area contributed by atoms with Crippen LogP contribution in [-0.2, 0) is 16.0 Å². The van der Waals surface area contributed by atoms with E-state index in [0.717, 1.165) is 18.4 Å². The number of hydrogen-bond acceptors (Lipinski definition) is 6. The molecule has 1 aliphatic rings. The molecule has 150 valence electrons. The van der Waals surface area contributed by atoms with Gasteiger partial charge in [0.15, 0.2) is 11.5 Å². The molecule has 8 heteroatoms. The number of benzene rings is 1. The number of alkyl carbamates (subject to hydrolysis) is 1. The van der Waals surface area contributed by atoms with Gasteiger partial charge in [0.1, 0.15) is 0 Å². The second kappa shape index (κ2) is 9.89. The predicted molar refractivity (Wildman–Crippen MR) is 99.6 cm³/mol. The molecule has 1 fully saturated rings. The van der Waals surface area contributed by atoms with Crippen molar-refractivity contribution in [2.75, 3.05) is 41.0 Å². The Bertz CT molecular complexity index is 639. The summed E-state index contributed by atoms with van der Waals surface area (Å²) >= 11 is 0. The van der Waals surface area contributed by atoms with Crippen molar-refractivity contribution >= 4 is 12.0 Å². The number of piperidine rings is 1. The van der Waals surface area contributed by atoms with Gasteiger partial charge in [-0.2, -0.15) is 0 Å². The lowest BCUT2D eigenvalue weighted by Crippen LogP contribution is -2.50. The molecule has 1 atom stereocenters. The van der Waals surface area contributed by atoms with Crippen molar-refractivity contribution in [3.63, 3.8) is 0 Å². The minimum atomic E-state index is -0.443. The van der Waals surface area contributed by atoms with Crippen molar-refractivity contribution in [3.05, 3.63) is 17.7 Å². The summed E-state index contributed by atoms with van der Waals surface area (Å²) in [5.41, 5.74) is 0.773. The van der Waals surface area contributed by atoms with Gasteiger partial charge in [-0.3, -0.25) is 4.79 Å². The Morgan fingerprint density at radius 1 is 1.15 bits per heavy atom. The van der Waals surface area contributed by atoms with Gasteiger partial charge >= 0.3 is 6.09 Å². The molecule has 1 N–H and O–H groups in total. The van der Waals surface area contributed by atoms with E-state index in [-0.39, 0.29) is 18.4 Å². The zero-order valence-corrected chi connectivity index (χ0v) is 16.4. The van der Waals surface area contributed by atoms with Crippen LogP contribution in [0.15, 0.2) is 12.1 Å². The van der Waals surface area contributed by atoms with Gasteiger partial charge in [-0.1, -0.05) is 0 Å². The number of carbonyl (C=O) groups excluding carboxylic acids is 2. The standard InChI is InChI=1S/C19H28N2O6/c1-5-27-19(23)20-14-7-6-8-21(12-14)17(22)11-13-9-15(24-2)18(26-4)16(10-13)25-3/h9-10,14H,5-8,11-12H2,1-4H3,(H,20,23). The minimum absolute atomic E-state index is 0.0142. The highest BCUT2D eigenvalue weighted by molar-refractivity contribution is 5.79. The Balaban J connectivity index is 2.04. The first-order valence-corrected chi connectivity index (χ1v) is 9.02. The maximum atomic E-state index is 12.7. The summed E-state index contributed by atoms with van der Waals surface area (Å²) < 4.78 is 20.9. The molecule has 1 aliphatic heterocycles. The van der Waals surface area contributed by atoms with Crippen molar-refractivity contribution in [1.29, 1.82) is 0 Å². The van der Waals surface area contributed by atoms with Crippen LogP contribution in [0.25, 0.3) is 0 Å². The summed E-state index contributed by atoms with van der Waals surface area (Å²) in [6.45, 7) is 3.22. The van der Waals surface area contributed by atoms with Crippen LogP contribution in [0.2, 0.25) is 0 Å².